The second-order valence-electron chi connectivity index (χ2n) is 8.12. The summed E-state index contributed by atoms with van der Waals surface area (Å²) in [6, 6.07) is 16.0. The molecule has 38 heavy (non-hydrogen) atoms. The van der Waals surface area contributed by atoms with Gasteiger partial charge >= 0.3 is 11.9 Å². The molecule has 0 aliphatic rings. The van der Waals surface area contributed by atoms with E-state index in [0.717, 1.165) is 11.7 Å². The van der Waals surface area contributed by atoms with Gasteiger partial charge in [-0.25, -0.2) is 9.59 Å². The number of ether oxygens (including phenoxy) is 3. The third-order valence-corrected chi connectivity index (χ3v) is 6.38. The highest BCUT2D eigenvalue weighted by Crippen LogP contribution is 2.32. The highest BCUT2D eigenvalue weighted by Gasteiger charge is 2.25. The number of fused-ring (bicyclic) bond motifs is 1. The molecule has 0 radical (unpaired) electrons. The van der Waals surface area contributed by atoms with E-state index >= 15 is 0 Å². The van der Waals surface area contributed by atoms with Crippen LogP contribution in [0.2, 0.25) is 0 Å². The number of benzene rings is 3. The van der Waals surface area contributed by atoms with Crippen LogP contribution in [0.25, 0.3) is 16.6 Å². The standard InChI is InChI=1S/C28H24N2O7S/c1-4-37-28(34)17-7-5-16(6-8-17)13-20(26(31)19-10-12-23(35-2)24(15-19)36-3)25(27(32)33)18-9-11-21-22(14-18)30-38-29-21/h5-12,14-15H,4,13H2,1-3H3,(H,32,33). The second kappa shape index (κ2) is 11.7. The summed E-state index contributed by atoms with van der Waals surface area (Å²) < 4.78 is 24.0. The van der Waals surface area contributed by atoms with E-state index in [1.165, 1.54) is 20.3 Å². The Labute approximate surface area is 222 Å². The lowest BCUT2D eigenvalue weighted by Crippen LogP contribution is -2.14. The molecular formula is C28H24N2O7S. The predicted molar refractivity (Wildman–Crippen MR) is 142 cm³/mol. The van der Waals surface area contributed by atoms with Crippen molar-refractivity contribution in [3.8, 4) is 11.5 Å². The quantitative estimate of drug-likeness (QED) is 0.173. The highest BCUT2D eigenvalue weighted by atomic mass is 32.1. The van der Waals surface area contributed by atoms with Gasteiger partial charge in [0.25, 0.3) is 0 Å². The maximum Gasteiger partial charge on any atom is 0.338 e. The van der Waals surface area contributed by atoms with Gasteiger partial charge in [0.2, 0.25) is 0 Å². The molecule has 1 N–H and O–H groups in total. The molecule has 0 unspecified atom stereocenters. The van der Waals surface area contributed by atoms with Crippen molar-refractivity contribution in [1.82, 2.24) is 8.75 Å². The number of hydrogen-bond donors (Lipinski definition) is 1. The zero-order valence-electron chi connectivity index (χ0n) is 20.9. The number of nitrogens with zero attached hydrogens (tertiary/aromatic N) is 2. The van der Waals surface area contributed by atoms with Gasteiger partial charge in [0, 0.05) is 17.6 Å². The number of carbonyl (C=O) groups excluding carboxylic acids is 2. The van der Waals surface area contributed by atoms with E-state index in [2.05, 4.69) is 8.75 Å². The van der Waals surface area contributed by atoms with E-state index in [1.807, 2.05) is 0 Å². The third-order valence-electron chi connectivity index (χ3n) is 5.82. The van der Waals surface area contributed by atoms with E-state index in [-0.39, 0.29) is 29.7 Å². The minimum atomic E-state index is -1.26. The molecule has 0 aliphatic heterocycles. The molecule has 0 atom stereocenters. The molecule has 4 aromatic rings. The molecule has 9 nitrogen and oxygen atoms in total. The van der Waals surface area contributed by atoms with Gasteiger partial charge in [-0.1, -0.05) is 18.2 Å². The van der Waals surface area contributed by atoms with E-state index in [0.29, 0.717) is 39.2 Å². The largest absolute Gasteiger partial charge is 0.493 e. The van der Waals surface area contributed by atoms with E-state index in [9.17, 15) is 19.5 Å². The number of carboxylic acids is 1. The van der Waals surface area contributed by atoms with Crippen LogP contribution in [0.3, 0.4) is 0 Å². The second-order valence-corrected chi connectivity index (χ2v) is 8.65. The Kier molecular flexibility index (Phi) is 8.12. The van der Waals surface area contributed by atoms with E-state index in [1.54, 1.807) is 61.5 Å². The maximum atomic E-state index is 13.9. The number of methoxy groups -OCH3 is 2. The number of hydrogen-bond acceptors (Lipinski definition) is 9. The summed E-state index contributed by atoms with van der Waals surface area (Å²) in [5.41, 5.74) is 2.60. The first-order valence-electron chi connectivity index (χ1n) is 11.6. The van der Waals surface area contributed by atoms with Crippen LogP contribution < -0.4 is 9.47 Å². The van der Waals surface area contributed by atoms with Crippen molar-refractivity contribution in [3.05, 3.63) is 88.5 Å². The van der Waals surface area contributed by atoms with Gasteiger partial charge in [-0.2, -0.15) is 8.75 Å². The van der Waals surface area contributed by atoms with Gasteiger partial charge in [0.1, 0.15) is 11.0 Å². The number of carbonyl (C=O) groups is 3. The molecule has 1 aromatic heterocycles. The Morgan fingerprint density at radius 2 is 1.47 bits per heavy atom. The fraction of sp³-hybridized carbons (Fsp3) is 0.179. The summed E-state index contributed by atoms with van der Waals surface area (Å²) in [4.78, 5) is 38.6. The number of rotatable bonds is 10. The number of ketones is 1. The number of carboxylic acid groups (broad SMARTS) is 1. The third kappa shape index (κ3) is 5.55. The van der Waals surface area contributed by atoms with Crippen molar-refractivity contribution >= 4 is 46.1 Å². The van der Waals surface area contributed by atoms with Gasteiger partial charge in [-0.3, -0.25) is 4.79 Å². The van der Waals surface area contributed by atoms with Crippen LogP contribution in [-0.4, -0.2) is 52.4 Å². The molecule has 0 fully saturated rings. The average Bonchev–Trinajstić information content (AvgIpc) is 3.40. The van der Waals surface area contributed by atoms with Crippen molar-refractivity contribution in [2.45, 2.75) is 13.3 Å². The predicted octanol–water partition coefficient (Wildman–Crippen LogP) is 4.85. The van der Waals surface area contributed by atoms with Crippen LogP contribution in [0.1, 0.15) is 38.8 Å². The smallest absolute Gasteiger partial charge is 0.338 e. The highest BCUT2D eigenvalue weighted by molar-refractivity contribution is 7.00. The van der Waals surface area contributed by atoms with Crippen molar-refractivity contribution in [3.63, 3.8) is 0 Å². The molecular weight excluding hydrogens is 508 g/mol. The van der Waals surface area contributed by atoms with Crippen LogP contribution in [-0.2, 0) is 16.0 Å². The van der Waals surface area contributed by atoms with Crippen molar-refractivity contribution in [2.75, 3.05) is 20.8 Å². The summed E-state index contributed by atoms with van der Waals surface area (Å²) in [6.45, 7) is 1.96. The summed E-state index contributed by atoms with van der Waals surface area (Å²) >= 11 is 1.02. The summed E-state index contributed by atoms with van der Waals surface area (Å²) in [5.74, 6) is -1.45. The lowest BCUT2D eigenvalue weighted by Gasteiger charge is -2.15. The summed E-state index contributed by atoms with van der Waals surface area (Å²) in [5, 5.41) is 10.3. The maximum absolute atomic E-state index is 13.9. The van der Waals surface area contributed by atoms with Gasteiger partial charge < -0.3 is 19.3 Å². The number of aliphatic carboxylic acids is 1. The van der Waals surface area contributed by atoms with Gasteiger partial charge in [-0.05, 0) is 60.5 Å². The lowest BCUT2D eigenvalue weighted by molar-refractivity contribution is -0.130. The molecule has 0 aliphatic carbocycles. The average molecular weight is 533 g/mol. The van der Waals surface area contributed by atoms with Crippen molar-refractivity contribution in [1.29, 1.82) is 0 Å². The molecule has 1 heterocycles. The van der Waals surface area contributed by atoms with Gasteiger partial charge in [0.15, 0.2) is 17.3 Å². The van der Waals surface area contributed by atoms with Crippen molar-refractivity contribution < 1.29 is 33.7 Å². The number of aromatic nitrogens is 2. The molecule has 0 bridgehead atoms. The Balaban J connectivity index is 1.85. The summed E-state index contributed by atoms with van der Waals surface area (Å²) in [7, 11) is 2.93. The van der Waals surface area contributed by atoms with Gasteiger partial charge in [-0.15, -0.1) is 0 Å². The Bertz CT molecular complexity index is 1540. The molecule has 10 heteroatoms. The first kappa shape index (κ1) is 26.5. The van der Waals surface area contributed by atoms with Gasteiger partial charge in [0.05, 0.1) is 43.7 Å². The number of allylic oxidation sites excluding steroid dienone is 1. The fourth-order valence-corrected chi connectivity index (χ4v) is 4.49. The number of Topliss-reactive ketones (excluding diaryl/α,β-unsaturated/α-hetero) is 1. The monoisotopic (exact) mass is 532 g/mol. The van der Waals surface area contributed by atoms with Crippen LogP contribution >= 0.6 is 11.7 Å². The van der Waals surface area contributed by atoms with Crippen LogP contribution in [0.15, 0.2) is 66.2 Å². The minimum absolute atomic E-state index is 0.00866. The summed E-state index contributed by atoms with van der Waals surface area (Å²) in [6.07, 6.45) is -0.00866. The molecule has 194 valence electrons. The fourth-order valence-electron chi connectivity index (χ4n) is 3.98. The molecule has 0 amide bonds. The molecule has 0 saturated carbocycles. The van der Waals surface area contributed by atoms with E-state index in [4.69, 9.17) is 14.2 Å². The Morgan fingerprint density at radius 1 is 0.816 bits per heavy atom. The van der Waals surface area contributed by atoms with Crippen molar-refractivity contribution in [2.24, 2.45) is 0 Å². The molecule has 3 aromatic carbocycles. The topological polar surface area (TPSA) is 125 Å². The normalized spacial score (nSPS) is 11.6. The Morgan fingerprint density at radius 3 is 2.13 bits per heavy atom. The molecule has 0 spiro atoms. The van der Waals surface area contributed by atoms with E-state index < -0.39 is 17.7 Å². The Hall–Kier alpha value is -4.57. The molecule has 0 saturated heterocycles. The number of esters is 1. The minimum Gasteiger partial charge on any atom is -0.493 e. The first-order chi connectivity index (χ1) is 18.4. The van der Waals surface area contributed by atoms with Crippen LogP contribution in [0.4, 0.5) is 0 Å². The zero-order valence-corrected chi connectivity index (χ0v) is 21.7. The zero-order chi connectivity index (χ0) is 27.2. The lowest BCUT2D eigenvalue weighted by atomic mass is 9.89. The van der Waals surface area contributed by atoms with Crippen LogP contribution in [0, 0.1) is 0 Å². The SMILES string of the molecule is CCOC(=O)c1ccc(CC(C(=O)c2ccc(OC)c(OC)c2)=C(C(=O)O)c2ccc3nsnc3c2)cc1. The van der Waals surface area contributed by atoms with Crippen LogP contribution in [0.5, 0.6) is 11.5 Å². The molecule has 4 rings (SSSR count). The first-order valence-corrected chi connectivity index (χ1v) is 12.3.